The first-order chi connectivity index (χ1) is 8.42. The van der Waals surface area contributed by atoms with Gasteiger partial charge in [-0.1, -0.05) is 13.0 Å². The van der Waals surface area contributed by atoms with Crippen LogP contribution in [-0.4, -0.2) is 15.0 Å². The number of benzene rings is 1. The summed E-state index contributed by atoms with van der Waals surface area (Å²) >= 11 is 0. The topological polar surface area (TPSA) is 72.2 Å². The fraction of sp³-hybridized carbons (Fsp3) is 0.500. The fourth-order valence-electron chi connectivity index (χ4n) is 1.95. The lowest BCUT2D eigenvalue weighted by Gasteiger charge is -2.13. The molecule has 1 aliphatic rings. The predicted octanol–water partition coefficient (Wildman–Crippen LogP) is 1.73. The van der Waals surface area contributed by atoms with Gasteiger partial charge >= 0.3 is 0 Å². The van der Waals surface area contributed by atoms with Crippen molar-refractivity contribution in [2.45, 2.75) is 24.7 Å². The first-order valence-electron chi connectivity index (χ1n) is 5.95. The number of hydrogen-bond acceptors (Lipinski definition) is 3. The zero-order valence-corrected chi connectivity index (χ0v) is 11.0. The van der Waals surface area contributed by atoms with Gasteiger partial charge in [0.05, 0.1) is 5.69 Å². The molecule has 1 fully saturated rings. The second-order valence-corrected chi connectivity index (χ2v) is 6.53. The molecule has 3 N–H and O–H groups in total. The minimum Gasteiger partial charge on any atom is -0.398 e. The van der Waals surface area contributed by atoms with E-state index in [2.05, 4.69) is 4.72 Å². The summed E-state index contributed by atoms with van der Waals surface area (Å²) in [7, 11) is -3.87. The van der Waals surface area contributed by atoms with Crippen LogP contribution in [0.1, 0.15) is 19.8 Å². The van der Waals surface area contributed by atoms with Gasteiger partial charge in [0.25, 0.3) is 0 Å². The van der Waals surface area contributed by atoms with Crippen LogP contribution < -0.4 is 10.5 Å². The van der Waals surface area contributed by atoms with E-state index in [1.54, 1.807) is 0 Å². The van der Waals surface area contributed by atoms with Gasteiger partial charge in [-0.25, -0.2) is 17.5 Å². The molecular weight excluding hydrogens is 255 g/mol. The summed E-state index contributed by atoms with van der Waals surface area (Å²) in [5.74, 6) is 0.0417. The Hall–Kier alpha value is -1.14. The number of nitrogens with two attached hydrogens (primary N) is 1. The number of anilines is 1. The maximum Gasteiger partial charge on any atom is 0.245 e. The summed E-state index contributed by atoms with van der Waals surface area (Å²) in [6.45, 7) is 2.31. The van der Waals surface area contributed by atoms with E-state index in [4.69, 9.17) is 5.73 Å². The minimum absolute atomic E-state index is 0.0680. The van der Waals surface area contributed by atoms with Gasteiger partial charge < -0.3 is 5.73 Å². The van der Waals surface area contributed by atoms with E-state index in [1.165, 1.54) is 12.1 Å². The minimum atomic E-state index is -3.87. The number of sulfonamides is 1. The molecule has 1 aromatic rings. The van der Waals surface area contributed by atoms with Gasteiger partial charge in [-0.15, -0.1) is 0 Å². The Bertz CT molecular complexity index is 521. The van der Waals surface area contributed by atoms with Crippen molar-refractivity contribution in [3.05, 3.63) is 24.0 Å². The zero-order valence-electron chi connectivity index (χ0n) is 10.2. The van der Waals surface area contributed by atoms with Crippen LogP contribution in [-0.2, 0) is 10.0 Å². The van der Waals surface area contributed by atoms with Crippen molar-refractivity contribution < 1.29 is 12.8 Å². The molecule has 4 nitrogen and oxygen atoms in total. The van der Waals surface area contributed by atoms with E-state index in [-0.39, 0.29) is 11.6 Å². The van der Waals surface area contributed by atoms with Gasteiger partial charge in [0, 0.05) is 6.54 Å². The van der Waals surface area contributed by atoms with Gasteiger partial charge in [0.15, 0.2) is 0 Å². The summed E-state index contributed by atoms with van der Waals surface area (Å²) in [5, 5.41) is 0. The Kier molecular flexibility index (Phi) is 3.59. The molecule has 0 radical (unpaired) electrons. The van der Waals surface area contributed by atoms with E-state index in [9.17, 15) is 12.8 Å². The lowest BCUT2D eigenvalue weighted by molar-refractivity contribution is 0.489. The van der Waals surface area contributed by atoms with Crippen LogP contribution >= 0.6 is 0 Å². The van der Waals surface area contributed by atoms with E-state index >= 15 is 0 Å². The second-order valence-electron chi connectivity index (χ2n) is 4.82. The molecule has 0 saturated heterocycles. The van der Waals surface area contributed by atoms with Crippen LogP contribution in [0.4, 0.5) is 10.1 Å². The molecule has 0 spiro atoms. The molecule has 0 heterocycles. The number of halogens is 1. The Morgan fingerprint density at radius 2 is 2.17 bits per heavy atom. The van der Waals surface area contributed by atoms with E-state index in [0.717, 1.165) is 18.9 Å². The van der Waals surface area contributed by atoms with E-state index in [0.29, 0.717) is 12.5 Å². The van der Waals surface area contributed by atoms with Crippen LogP contribution in [0.3, 0.4) is 0 Å². The molecule has 0 amide bonds. The van der Waals surface area contributed by atoms with Crippen molar-refractivity contribution in [3.8, 4) is 0 Å². The molecule has 1 aliphatic carbocycles. The highest BCUT2D eigenvalue weighted by Crippen LogP contribution is 2.36. The van der Waals surface area contributed by atoms with E-state index in [1.807, 2.05) is 6.92 Å². The summed E-state index contributed by atoms with van der Waals surface area (Å²) < 4.78 is 40.0. The monoisotopic (exact) mass is 272 g/mol. The molecule has 1 unspecified atom stereocenters. The van der Waals surface area contributed by atoms with Gasteiger partial charge in [-0.3, -0.25) is 0 Å². The van der Waals surface area contributed by atoms with Gasteiger partial charge in [0.1, 0.15) is 10.7 Å². The summed E-state index contributed by atoms with van der Waals surface area (Å²) in [4.78, 5) is -0.451. The molecule has 100 valence electrons. The molecule has 1 aromatic carbocycles. The highest BCUT2D eigenvalue weighted by Gasteiger charge is 2.29. The molecule has 1 saturated carbocycles. The maximum absolute atomic E-state index is 13.5. The third-order valence-electron chi connectivity index (χ3n) is 3.29. The molecular formula is C12H17FN2O2S. The fourth-order valence-corrected chi connectivity index (χ4v) is 3.28. The van der Waals surface area contributed by atoms with Crippen LogP contribution in [0.5, 0.6) is 0 Å². The van der Waals surface area contributed by atoms with Gasteiger partial charge in [0.2, 0.25) is 10.0 Å². The Balaban J connectivity index is 2.14. The van der Waals surface area contributed by atoms with Gasteiger partial charge in [-0.05, 0) is 36.8 Å². The molecule has 2 rings (SSSR count). The third kappa shape index (κ3) is 2.81. The smallest absolute Gasteiger partial charge is 0.245 e. The highest BCUT2D eigenvalue weighted by atomic mass is 32.2. The van der Waals surface area contributed by atoms with E-state index < -0.39 is 20.7 Å². The first-order valence-corrected chi connectivity index (χ1v) is 7.44. The Morgan fingerprint density at radius 1 is 1.50 bits per heavy atom. The number of nitrogen functional groups attached to an aromatic ring is 1. The van der Waals surface area contributed by atoms with Crippen LogP contribution in [0, 0.1) is 17.7 Å². The highest BCUT2D eigenvalue weighted by molar-refractivity contribution is 7.89. The standard InChI is InChI=1S/C12H17FN2O2S/c1-8(9-5-6-9)7-15-18(16,17)12-10(13)3-2-4-11(12)14/h2-4,8-9,15H,5-7,14H2,1H3. The molecule has 18 heavy (non-hydrogen) atoms. The summed E-state index contributed by atoms with van der Waals surface area (Å²) in [6, 6.07) is 3.85. The molecule has 6 heteroatoms. The van der Waals surface area contributed by atoms with Crippen molar-refractivity contribution in [1.82, 2.24) is 4.72 Å². The average molecular weight is 272 g/mol. The SMILES string of the molecule is CC(CNS(=O)(=O)c1c(N)cccc1F)C1CC1. The zero-order chi connectivity index (χ0) is 13.3. The lowest BCUT2D eigenvalue weighted by Crippen LogP contribution is -2.30. The first kappa shape index (κ1) is 13.3. The molecule has 0 aliphatic heterocycles. The number of hydrogen-bond donors (Lipinski definition) is 2. The van der Waals surface area contributed by atoms with Crippen molar-refractivity contribution in [2.24, 2.45) is 11.8 Å². The molecule has 0 bridgehead atoms. The lowest BCUT2D eigenvalue weighted by atomic mass is 10.1. The molecule has 1 atom stereocenters. The largest absolute Gasteiger partial charge is 0.398 e. The number of rotatable bonds is 5. The Morgan fingerprint density at radius 3 is 2.72 bits per heavy atom. The molecule has 0 aromatic heterocycles. The van der Waals surface area contributed by atoms with Gasteiger partial charge in [-0.2, -0.15) is 0 Å². The van der Waals surface area contributed by atoms with Crippen molar-refractivity contribution in [1.29, 1.82) is 0 Å². The third-order valence-corrected chi connectivity index (χ3v) is 4.80. The second kappa shape index (κ2) is 4.85. The summed E-state index contributed by atoms with van der Waals surface area (Å²) in [6.07, 6.45) is 2.29. The van der Waals surface area contributed by atoms with Crippen LogP contribution in [0.2, 0.25) is 0 Å². The van der Waals surface area contributed by atoms with Crippen molar-refractivity contribution in [3.63, 3.8) is 0 Å². The van der Waals surface area contributed by atoms with Crippen LogP contribution in [0.25, 0.3) is 0 Å². The normalized spacial score (nSPS) is 17.7. The quantitative estimate of drug-likeness (QED) is 0.802. The van der Waals surface area contributed by atoms with Crippen LogP contribution in [0.15, 0.2) is 23.1 Å². The predicted molar refractivity (Wildman–Crippen MR) is 67.9 cm³/mol. The average Bonchev–Trinajstić information content (AvgIpc) is 3.09. The maximum atomic E-state index is 13.5. The van der Waals surface area contributed by atoms with Crippen molar-refractivity contribution in [2.75, 3.05) is 12.3 Å². The number of nitrogens with one attached hydrogen (secondary N) is 1. The Labute approximate surface area is 106 Å². The van der Waals surface area contributed by atoms with Crippen molar-refractivity contribution >= 4 is 15.7 Å². The summed E-state index contributed by atoms with van der Waals surface area (Å²) in [5.41, 5.74) is 5.46.